The number of aromatic amines is 1. The van der Waals surface area contributed by atoms with Gasteiger partial charge in [-0.2, -0.15) is 0 Å². The van der Waals surface area contributed by atoms with E-state index < -0.39 is 5.91 Å². The van der Waals surface area contributed by atoms with Gasteiger partial charge in [-0.05, 0) is 50.0 Å². The first-order valence-electron chi connectivity index (χ1n) is 8.66. The fraction of sp³-hybridized carbons (Fsp3) is 0.556. The number of hydrogen-bond acceptors (Lipinski definition) is 3. The van der Waals surface area contributed by atoms with E-state index in [2.05, 4.69) is 38.1 Å². The van der Waals surface area contributed by atoms with Crippen LogP contribution in [0.5, 0.6) is 0 Å². The summed E-state index contributed by atoms with van der Waals surface area (Å²) in [7, 11) is 0. The number of carbonyl (C=O) groups excluding carboxylic acids is 1. The van der Waals surface area contributed by atoms with Crippen molar-refractivity contribution >= 4 is 38.6 Å². The highest BCUT2D eigenvalue weighted by molar-refractivity contribution is 9.10. The zero-order valence-electron chi connectivity index (χ0n) is 13.8. The Morgan fingerprint density at radius 1 is 1.50 bits per heavy atom. The monoisotopic (exact) mass is 390 g/mol. The molecule has 0 radical (unpaired) electrons. The second-order valence-corrected chi connectivity index (χ2v) is 9.28. The van der Waals surface area contributed by atoms with Gasteiger partial charge in [0.25, 0.3) is 5.91 Å². The number of nitrogens with one attached hydrogen (secondary N) is 2. The lowest BCUT2D eigenvalue weighted by Crippen LogP contribution is -2.46. The lowest BCUT2D eigenvalue weighted by molar-refractivity contribution is 0.100. The van der Waals surface area contributed by atoms with Gasteiger partial charge < -0.3 is 16.0 Å². The van der Waals surface area contributed by atoms with E-state index >= 15 is 0 Å². The van der Waals surface area contributed by atoms with Crippen LogP contribution in [-0.4, -0.2) is 26.2 Å². The number of alkyl halides is 1. The summed E-state index contributed by atoms with van der Waals surface area (Å²) in [5, 5.41) is 4.61. The average Bonchev–Trinajstić information content (AvgIpc) is 2.98. The second-order valence-electron chi connectivity index (χ2n) is 7.60. The van der Waals surface area contributed by atoms with Crippen LogP contribution in [0.4, 0.5) is 5.69 Å². The number of hydrogen-bond donors (Lipinski definition) is 3. The number of nitrogens with zero attached hydrogens (tertiary/aromatic N) is 1. The highest BCUT2D eigenvalue weighted by Crippen LogP contribution is 2.50. The Morgan fingerprint density at radius 3 is 3.12 bits per heavy atom. The van der Waals surface area contributed by atoms with Gasteiger partial charge in [-0.1, -0.05) is 22.9 Å². The molecule has 2 aromatic heterocycles. The van der Waals surface area contributed by atoms with Gasteiger partial charge in [0.05, 0.1) is 11.3 Å². The quantitative estimate of drug-likeness (QED) is 0.696. The molecule has 6 heteroatoms. The van der Waals surface area contributed by atoms with Gasteiger partial charge in [0.2, 0.25) is 0 Å². The highest BCUT2D eigenvalue weighted by Gasteiger charge is 2.44. The fourth-order valence-corrected chi connectivity index (χ4v) is 5.94. The summed E-state index contributed by atoms with van der Waals surface area (Å²) in [6.07, 6.45) is 9.39. The Labute approximate surface area is 149 Å². The molecule has 5 nitrogen and oxygen atoms in total. The van der Waals surface area contributed by atoms with Gasteiger partial charge in [0, 0.05) is 28.1 Å². The first-order valence-corrected chi connectivity index (χ1v) is 9.46. The van der Waals surface area contributed by atoms with Crippen molar-refractivity contribution in [3.05, 3.63) is 24.0 Å². The molecule has 2 fully saturated rings. The first-order chi connectivity index (χ1) is 11.5. The van der Waals surface area contributed by atoms with Gasteiger partial charge in [-0.3, -0.25) is 4.79 Å². The van der Waals surface area contributed by atoms with Crippen LogP contribution in [0.3, 0.4) is 0 Å². The van der Waals surface area contributed by atoms with Crippen molar-refractivity contribution < 1.29 is 4.79 Å². The van der Waals surface area contributed by atoms with Crippen molar-refractivity contribution in [2.75, 3.05) is 5.32 Å². The first kappa shape index (κ1) is 15.9. The van der Waals surface area contributed by atoms with Crippen molar-refractivity contribution in [1.82, 2.24) is 9.97 Å². The molecule has 2 aromatic rings. The Balaban J connectivity index is 1.68. The fourth-order valence-electron chi connectivity index (χ4n) is 4.75. The molecule has 0 saturated heterocycles. The third-order valence-corrected chi connectivity index (χ3v) is 6.75. The summed E-state index contributed by atoms with van der Waals surface area (Å²) in [5.41, 5.74) is 7.68. The van der Waals surface area contributed by atoms with Crippen LogP contribution in [0.25, 0.3) is 11.0 Å². The van der Waals surface area contributed by atoms with Gasteiger partial charge in [0.15, 0.2) is 0 Å². The minimum Gasteiger partial charge on any atom is -0.381 e. The van der Waals surface area contributed by atoms with Crippen LogP contribution in [0.1, 0.15) is 49.4 Å². The number of carbonyl (C=O) groups is 1. The normalized spacial score (nSPS) is 32.7. The summed E-state index contributed by atoms with van der Waals surface area (Å²) in [4.78, 5) is 19.3. The summed E-state index contributed by atoms with van der Waals surface area (Å²) in [6.45, 7) is 2.34. The third-order valence-electron chi connectivity index (χ3n) is 5.70. The number of primary amides is 1. The zero-order chi connectivity index (χ0) is 16.9. The van der Waals surface area contributed by atoms with E-state index in [1.54, 1.807) is 6.20 Å². The van der Waals surface area contributed by atoms with Gasteiger partial charge in [-0.15, -0.1) is 0 Å². The predicted octanol–water partition coefficient (Wildman–Crippen LogP) is 3.81. The number of aromatic nitrogens is 2. The molecular weight excluding hydrogens is 368 g/mol. The molecule has 4 N–H and O–H groups in total. The number of H-pyrrole nitrogens is 1. The minimum absolute atomic E-state index is 0.307. The second kappa shape index (κ2) is 5.76. The van der Waals surface area contributed by atoms with Crippen molar-refractivity contribution in [3.63, 3.8) is 0 Å². The van der Waals surface area contributed by atoms with Crippen LogP contribution in [0, 0.1) is 11.8 Å². The Kier molecular flexibility index (Phi) is 3.82. The molecule has 2 heterocycles. The molecular formula is C18H23BrN4O. The molecule has 2 aliphatic carbocycles. The molecule has 2 bridgehead atoms. The smallest absolute Gasteiger partial charge is 0.252 e. The Morgan fingerprint density at radius 2 is 2.33 bits per heavy atom. The molecule has 2 aliphatic rings. The van der Waals surface area contributed by atoms with E-state index in [0.717, 1.165) is 29.1 Å². The number of amides is 1. The van der Waals surface area contributed by atoms with Crippen molar-refractivity contribution in [3.8, 4) is 0 Å². The van der Waals surface area contributed by atoms with Gasteiger partial charge in [0.1, 0.15) is 5.65 Å². The maximum absolute atomic E-state index is 11.9. The molecule has 4 rings (SSSR count). The molecule has 1 amide bonds. The van der Waals surface area contributed by atoms with Crippen LogP contribution in [0.15, 0.2) is 18.5 Å². The summed E-state index contributed by atoms with van der Waals surface area (Å²) in [6, 6.07) is 2.33. The molecule has 4 atom stereocenters. The van der Waals surface area contributed by atoms with Crippen molar-refractivity contribution in [1.29, 1.82) is 0 Å². The van der Waals surface area contributed by atoms with E-state index in [4.69, 9.17) is 5.73 Å². The van der Waals surface area contributed by atoms with Crippen LogP contribution in [0.2, 0.25) is 0 Å². The zero-order valence-corrected chi connectivity index (χ0v) is 15.4. The maximum atomic E-state index is 11.9. The number of pyridine rings is 1. The SMILES string of the molecule is CC1C[C@H]2C[C@](Br)(CC[C@H]2Nc2c(C(N)=O)cnc3[nH]ccc23)C1. The number of rotatable bonds is 3. The average molecular weight is 391 g/mol. The summed E-state index contributed by atoms with van der Waals surface area (Å²) in [5.74, 6) is 0.911. The van der Waals surface area contributed by atoms with Gasteiger partial charge in [-0.25, -0.2) is 4.98 Å². The predicted molar refractivity (Wildman–Crippen MR) is 99.4 cm³/mol. The number of fused-ring (bicyclic) bond motifs is 3. The largest absolute Gasteiger partial charge is 0.381 e. The third kappa shape index (κ3) is 2.70. The summed E-state index contributed by atoms with van der Waals surface area (Å²) < 4.78 is 0.307. The maximum Gasteiger partial charge on any atom is 0.252 e. The van der Waals surface area contributed by atoms with Crippen molar-refractivity contribution in [2.24, 2.45) is 17.6 Å². The van der Waals surface area contributed by atoms with Crippen LogP contribution < -0.4 is 11.1 Å². The van der Waals surface area contributed by atoms with Crippen LogP contribution in [-0.2, 0) is 0 Å². The molecule has 0 spiro atoms. The molecule has 0 aromatic carbocycles. The molecule has 1 unspecified atom stereocenters. The number of nitrogens with two attached hydrogens (primary N) is 1. The van der Waals surface area contributed by atoms with Gasteiger partial charge >= 0.3 is 0 Å². The highest BCUT2D eigenvalue weighted by atomic mass is 79.9. The molecule has 2 saturated carbocycles. The molecule has 0 aliphatic heterocycles. The minimum atomic E-state index is -0.434. The molecule has 128 valence electrons. The number of halogens is 1. The van der Waals surface area contributed by atoms with E-state index in [9.17, 15) is 4.79 Å². The molecule has 24 heavy (non-hydrogen) atoms. The topological polar surface area (TPSA) is 83.8 Å². The Bertz CT molecular complexity index is 788. The van der Waals surface area contributed by atoms with Crippen molar-refractivity contribution in [2.45, 2.75) is 49.4 Å². The lowest BCUT2D eigenvalue weighted by atomic mass is 9.66. The summed E-state index contributed by atoms with van der Waals surface area (Å²) >= 11 is 3.99. The standard InChI is InChI=1S/C18H23BrN4O/c1-10-6-11-8-18(19,7-10)4-2-14(11)23-15-12-3-5-21-17(12)22-9-13(15)16(20)24/h3,5,9-11,14H,2,4,6-8H2,1H3,(H2,20,24)(H2,21,22,23)/t10?,11-,14+,18-/m0/s1. The van der Waals surface area contributed by atoms with E-state index in [-0.39, 0.29) is 0 Å². The lowest BCUT2D eigenvalue weighted by Gasteiger charge is -2.48. The van der Waals surface area contributed by atoms with E-state index in [1.165, 1.54) is 25.7 Å². The Hall–Kier alpha value is -1.56. The van der Waals surface area contributed by atoms with E-state index in [1.807, 2.05) is 12.3 Å². The van der Waals surface area contributed by atoms with E-state index in [0.29, 0.717) is 21.8 Å². The number of anilines is 1. The van der Waals surface area contributed by atoms with Crippen LogP contribution >= 0.6 is 15.9 Å².